The zero-order valence-electron chi connectivity index (χ0n) is 16.9. The molecule has 3 N–H and O–H groups in total. The molecule has 0 aromatic carbocycles. The summed E-state index contributed by atoms with van der Waals surface area (Å²) in [5.74, 6) is 0.412. The molecule has 3 amide bonds. The molecule has 0 saturated heterocycles. The number of rotatable bonds is 12. The second-order valence-electron chi connectivity index (χ2n) is 7.11. The standard InChI is InChI=1S/C18H38N4O3/c1-7-25-18(24)21-16(12-14(2)3)13-20-17(23)19-10-8-9-11-22(6)15(4)5/h14-16H,7-13H2,1-6H3,(H,21,24)(H2,19,20,23). The van der Waals surface area contributed by atoms with Crippen LogP contribution in [-0.4, -0.2) is 62.4 Å². The van der Waals surface area contributed by atoms with Crippen molar-refractivity contribution < 1.29 is 14.3 Å². The lowest BCUT2D eigenvalue weighted by Crippen LogP contribution is -2.47. The van der Waals surface area contributed by atoms with Gasteiger partial charge in [0.05, 0.1) is 6.61 Å². The Morgan fingerprint density at radius 3 is 2.32 bits per heavy atom. The fourth-order valence-corrected chi connectivity index (χ4v) is 2.33. The van der Waals surface area contributed by atoms with E-state index in [4.69, 9.17) is 4.74 Å². The third-order valence-electron chi connectivity index (χ3n) is 3.97. The Morgan fingerprint density at radius 2 is 1.76 bits per heavy atom. The summed E-state index contributed by atoms with van der Waals surface area (Å²) in [6.07, 6.45) is 2.33. The van der Waals surface area contributed by atoms with Gasteiger partial charge in [-0.25, -0.2) is 9.59 Å². The molecule has 0 aromatic rings. The van der Waals surface area contributed by atoms with E-state index >= 15 is 0 Å². The zero-order chi connectivity index (χ0) is 19.2. The fraction of sp³-hybridized carbons (Fsp3) is 0.889. The van der Waals surface area contributed by atoms with E-state index in [-0.39, 0.29) is 12.1 Å². The van der Waals surface area contributed by atoms with Crippen LogP contribution >= 0.6 is 0 Å². The Labute approximate surface area is 153 Å². The van der Waals surface area contributed by atoms with Gasteiger partial charge in [0.2, 0.25) is 0 Å². The van der Waals surface area contributed by atoms with Crippen LogP contribution in [-0.2, 0) is 4.74 Å². The van der Waals surface area contributed by atoms with Crippen LogP contribution in [0, 0.1) is 5.92 Å². The SMILES string of the molecule is CCOC(=O)NC(CNC(=O)NCCCCN(C)C(C)C)CC(C)C. The number of ether oxygens (including phenoxy) is 1. The maximum absolute atomic E-state index is 11.9. The minimum absolute atomic E-state index is 0.135. The maximum atomic E-state index is 11.9. The molecule has 7 heteroatoms. The number of carbonyl (C=O) groups is 2. The minimum atomic E-state index is -0.440. The first-order valence-electron chi connectivity index (χ1n) is 9.41. The topological polar surface area (TPSA) is 82.7 Å². The van der Waals surface area contributed by atoms with E-state index in [9.17, 15) is 9.59 Å². The van der Waals surface area contributed by atoms with E-state index in [1.807, 2.05) is 0 Å². The van der Waals surface area contributed by atoms with Gasteiger partial charge in [-0.1, -0.05) is 13.8 Å². The summed E-state index contributed by atoms with van der Waals surface area (Å²) in [6.45, 7) is 12.7. The first-order chi connectivity index (χ1) is 11.8. The van der Waals surface area contributed by atoms with Crippen molar-refractivity contribution in [1.82, 2.24) is 20.9 Å². The molecule has 0 radical (unpaired) electrons. The maximum Gasteiger partial charge on any atom is 0.407 e. The number of amides is 3. The van der Waals surface area contributed by atoms with Crippen molar-refractivity contribution in [3.05, 3.63) is 0 Å². The highest BCUT2D eigenvalue weighted by Gasteiger charge is 2.15. The van der Waals surface area contributed by atoms with E-state index in [0.717, 1.165) is 25.8 Å². The van der Waals surface area contributed by atoms with Gasteiger partial charge in [-0.3, -0.25) is 0 Å². The lowest BCUT2D eigenvalue weighted by Gasteiger charge is -2.21. The summed E-state index contributed by atoms with van der Waals surface area (Å²) < 4.78 is 4.91. The molecule has 7 nitrogen and oxygen atoms in total. The van der Waals surface area contributed by atoms with Crippen molar-refractivity contribution in [3.63, 3.8) is 0 Å². The second-order valence-corrected chi connectivity index (χ2v) is 7.11. The van der Waals surface area contributed by atoms with Crippen LogP contribution in [0.4, 0.5) is 9.59 Å². The van der Waals surface area contributed by atoms with Crippen LogP contribution < -0.4 is 16.0 Å². The van der Waals surface area contributed by atoms with E-state index in [1.165, 1.54) is 0 Å². The third kappa shape index (κ3) is 13.5. The van der Waals surface area contributed by atoms with Gasteiger partial charge in [0.1, 0.15) is 0 Å². The first kappa shape index (κ1) is 23.5. The lowest BCUT2D eigenvalue weighted by atomic mass is 10.0. The van der Waals surface area contributed by atoms with Gasteiger partial charge in [-0.2, -0.15) is 0 Å². The van der Waals surface area contributed by atoms with Gasteiger partial charge in [0.25, 0.3) is 0 Å². The monoisotopic (exact) mass is 358 g/mol. The van der Waals surface area contributed by atoms with Gasteiger partial charge in [0, 0.05) is 25.2 Å². The number of nitrogens with one attached hydrogen (secondary N) is 3. The van der Waals surface area contributed by atoms with Gasteiger partial charge in [0.15, 0.2) is 0 Å². The summed E-state index contributed by atoms with van der Waals surface area (Å²) in [5.41, 5.74) is 0. The van der Waals surface area contributed by atoms with E-state index in [0.29, 0.717) is 31.7 Å². The summed E-state index contributed by atoms with van der Waals surface area (Å²) in [7, 11) is 2.11. The molecule has 0 aliphatic carbocycles. The summed E-state index contributed by atoms with van der Waals surface area (Å²) >= 11 is 0. The van der Waals surface area contributed by atoms with Crippen LogP contribution in [0.15, 0.2) is 0 Å². The van der Waals surface area contributed by atoms with Crippen LogP contribution in [0.3, 0.4) is 0 Å². The van der Waals surface area contributed by atoms with Crippen molar-refractivity contribution in [2.45, 2.75) is 66.0 Å². The number of carbonyl (C=O) groups excluding carboxylic acids is 2. The van der Waals surface area contributed by atoms with Crippen molar-refractivity contribution in [1.29, 1.82) is 0 Å². The molecular weight excluding hydrogens is 320 g/mol. The lowest BCUT2D eigenvalue weighted by molar-refractivity contribution is 0.146. The van der Waals surface area contributed by atoms with Gasteiger partial charge in [-0.15, -0.1) is 0 Å². The van der Waals surface area contributed by atoms with Gasteiger partial charge in [-0.05, 0) is 59.5 Å². The minimum Gasteiger partial charge on any atom is -0.450 e. The molecule has 0 aromatic heterocycles. The largest absolute Gasteiger partial charge is 0.450 e. The molecule has 148 valence electrons. The molecule has 0 saturated carbocycles. The van der Waals surface area contributed by atoms with Crippen molar-refractivity contribution in [2.24, 2.45) is 5.92 Å². The van der Waals surface area contributed by atoms with Crippen LogP contribution in [0.2, 0.25) is 0 Å². The summed E-state index contributed by atoms with van der Waals surface area (Å²) in [5, 5.41) is 8.48. The fourth-order valence-electron chi connectivity index (χ4n) is 2.33. The van der Waals surface area contributed by atoms with Crippen molar-refractivity contribution in [3.8, 4) is 0 Å². The molecule has 0 spiro atoms. The zero-order valence-corrected chi connectivity index (χ0v) is 16.9. The number of alkyl carbamates (subject to hydrolysis) is 1. The number of urea groups is 1. The number of hydrogen-bond acceptors (Lipinski definition) is 4. The highest BCUT2D eigenvalue weighted by molar-refractivity contribution is 5.74. The van der Waals surface area contributed by atoms with Crippen LogP contribution in [0.5, 0.6) is 0 Å². The van der Waals surface area contributed by atoms with Crippen LogP contribution in [0.25, 0.3) is 0 Å². The molecular formula is C18H38N4O3. The van der Waals surface area contributed by atoms with E-state index < -0.39 is 6.09 Å². The quantitative estimate of drug-likeness (QED) is 0.468. The van der Waals surface area contributed by atoms with E-state index in [1.54, 1.807) is 6.92 Å². The van der Waals surface area contributed by atoms with Crippen molar-refractivity contribution >= 4 is 12.1 Å². The molecule has 0 bridgehead atoms. The summed E-state index contributed by atoms with van der Waals surface area (Å²) in [4.78, 5) is 25.7. The second kappa shape index (κ2) is 13.8. The predicted octanol–water partition coefficient (Wildman–Crippen LogP) is 2.57. The Bertz CT molecular complexity index is 375. The molecule has 0 aliphatic rings. The Morgan fingerprint density at radius 1 is 1.08 bits per heavy atom. The molecule has 0 fully saturated rings. The summed E-state index contributed by atoms with van der Waals surface area (Å²) in [6, 6.07) is 0.210. The Kier molecular flexibility index (Phi) is 12.9. The van der Waals surface area contributed by atoms with Gasteiger partial charge < -0.3 is 25.6 Å². The molecule has 0 aliphatic heterocycles. The molecule has 1 atom stereocenters. The number of hydrogen-bond donors (Lipinski definition) is 3. The Hall–Kier alpha value is -1.50. The highest BCUT2D eigenvalue weighted by atomic mass is 16.5. The van der Waals surface area contributed by atoms with Crippen molar-refractivity contribution in [2.75, 3.05) is 33.3 Å². The molecule has 25 heavy (non-hydrogen) atoms. The molecule has 1 unspecified atom stereocenters. The Balaban J connectivity index is 3.98. The highest BCUT2D eigenvalue weighted by Crippen LogP contribution is 2.04. The van der Waals surface area contributed by atoms with Gasteiger partial charge >= 0.3 is 12.1 Å². The predicted molar refractivity (Wildman–Crippen MR) is 102 cm³/mol. The molecule has 0 rings (SSSR count). The average molecular weight is 359 g/mol. The average Bonchev–Trinajstić information content (AvgIpc) is 2.51. The van der Waals surface area contributed by atoms with Crippen LogP contribution in [0.1, 0.15) is 53.9 Å². The number of nitrogens with zero attached hydrogens (tertiary/aromatic N) is 1. The third-order valence-corrected chi connectivity index (χ3v) is 3.97. The number of unbranched alkanes of at least 4 members (excludes halogenated alkanes) is 1. The molecule has 0 heterocycles. The smallest absolute Gasteiger partial charge is 0.407 e. The van der Waals surface area contributed by atoms with E-state index in [2.05, 4.69) is 55.6 Å². The first-order valence-corrected chi connectivity index (χ1v) is 9.41. The normalized spacial score (nSPS) is 12.4.